The minimum Gasteiger partial charge on any atom is -0.320 e. The molecule has 17 heavy (non-hydrogen) atoms. The van der Waals surface area contributed by atoms with Gasteiger partial charge in [-0.1, -0.05) is 32.0 Å². The fourth-order valence-corrected chi connectivity index (χ4v) is 3.01. The van der Waals surface area contributed by atoms with Gasteiger partial charge in [0.1, 0.15) is 0 Å². The van der Waals surface area contributed by atoms with E-state index in [1.165, 1.54) is 25.7 Å². The van der Waals surface area contributed by atoms with Gasteiger partial charge < -0.3 is 5.32 Å². The van der Waals surface area contributed by atoms with Gasteiger partial charge in [0.15, 0.2) is 0 Å². The lowest BCUT2D eigenvalue weighted by Crippen LogP contribution is -2.16. The van der Waals surface area contributed by atoms with E-state index in [0.717, 1.165) is 12.5 Å². The first-order chi connectivity index (χ1) is 8.22. The van der Waals surface area contributed by atoms with Crippen molar-refractivity contribution in [3.63, 3.8) is 0 Å². The molecule has 1 N–H and O–H groups in total. The lowest BCUT2D eigenvalue weighted by molar-refractivity contribution is 0.460. The van der Waals surface area contributed by atoms with Gasteiger partial charge in [0.25, 0.3) is 0 Å². The third-order valence-corrected chi connectivity index (χ3v) is 4.06. The molecule has 1 aliphatic rings. The summed E-state index contributed by atoms with van der Waals surface area (Å²) in [6, 6.07) is 7.21. The smallest absolute Gasteiger partial charge is 0.00460 e. The molecule has 2 rings (SSSR count). The molecule has 0 aromatic heterocycles. The Morgan fingerprint density at radius 1 is 1.18 bits per heavy atom. The van der Waals surface area contributed by atoms with Crippen molar-refractivity contribution >= 4 is 0 Å². The maximum Gasteiger partial charge on any atom is -0.00460 e. The standard InChI is InChI=1S/C16H25N/c1-12(2)16(9-10-17-3)15-8-7-13-5-4-6-14(13)11-15/h7-8,11-12,16-17H,4-6,9-10H2,1-3H3. The Balaban J connectivity index is 2.17. The Labute approximate surface area is 106 Å². The van der Waals surface area contributed by atoms with Crippen LogP contribution in [-0.4, -0.2) is 13.6 Å². The summed E-state index contributed by atoms with van der Waals surface area (Å²) in [5, 5.41) is 3.28. The molecular formula is C16H25N. The molecule has 0 aliphatic heterocycles. The molecule has 0 saturated heterocycles. The van der Waals surface area contributed by atoms with E-state index in [-0.39, 0.29) is 0 Å². The van der Waals surface area contributed by atoms with E-state index in [9.17, 15) is 0 Å². The minimum atomic E-state index is 0.702. The zero-order valence-corrected chi connectivity index (χ0v) is 11.4. The van der Waals surface area contributed by atoms with Gasteiger partial charge in [-0.15, -0.1) is 0 Å². The van der Waals surface area contributed by atoms with Gasteiger partial charge in [0.05, 0.1) is 0 Å². The average molecular weight is 231 g/mol. The van der Waals surface area contributed by atoms with E-state index in [1.54, 1.807) is 16.7 Å². The third-order valence-electron chi connectivity index (χ3n) is 4.06. The highest BCUT2D eigenvalue weighted by Crippen LogP contribution is 2.31. The van der Waals surface area contributed by atoms with Crippen molar-refractivity contribution < 1.29 is 0 Å². The summed E-state index contributed by atoms with van der Waals surface area (Å²) in [7, 11) is 2.04. The highest BCUT2D eigenvalue weighted by Gasteiger charge is 2.18. The first kappa shape index (κ1) is 12.6. The monoisotopic (exact) mass is 231 g/mol. The summed E-state index contributed by atoms with van der Waals surface area (Å²) in [5.74, 6) is 1.43. The Kier molecular flexibility index (Phi) is 4.22. The summed E-state index contributed by atoms with van der Waals surface area (Å²) >= 11 is 0. The zero-order chi connectivity index (χ0) is 12.3. The van der Waals surface area contributed by atoms with Gasteiger partial charge in [-0.3, -0.25) is 0 Å². The maximum absolute atomic E-state index is 3.28. The van der Waals surface area contributed by atoms with Crippen LogP contribution in [-0.2, 0) is 12.8 Å². The predicted octanol–water partition coefficient (Wildman–Crippen LogP) is 3.52. The van der Waals surface area contributed by atoms with Crippen LogP contribution < -0.4 is 5.32 Å². The first-order valence-electron chi connectivity index (χ1n) is 6.98. The second-order valence-electron chi connectivity index (χ2n) is 5.62. The number of hydrogen-bond donors (Lipinski definition) is 1. The van der Waals surface area contributed by atoms with Crippen LogP contribution in [0.25, 0.3) is 0 Å². The van der Waals surface area contributed by atoms with Crippen molar-refractivity contribution in [2.75, 3.05) is 13.6 Å². The van der Waals surface area contributed by atoms with Crippen molar-refractivity contribution in [3.05, 3.63) is 34.9 Å². The van der Waals surface area contributed by atoms with Crippen LogP contribution in [0.4, 0.5) is 0 Å². The molecule has 1 unspecified atom stereocenters. The molecule has 0 radical (unpaired) electrons. The summed E-state index contributed by atoms with van der Waals surface area (Å²) in [6.45, 7) is 5.79. The van der Waals surface area contributed by atoms with Crippen molar-refractivity contribution in [2.24, 2.45) is 5.92 Å². The lowest BCUT2D eigenvalue weighted by atomic mass is 9.84. The first-order valence-corrected chi connectivity index (χ1v) is 6.98. The molecule has 1 atom stereocenters. The quantitative estimate of drug-likeness (QED) is 0.817. The largest absolute Gasteiger partial charge is 0.320 e. The molecule has 94 valence electrons. The summed E-state index contributed by atoms with van der Waals surface area (Å²) in [4.78, 5) is 0. The molecule has 0 bridgehead atoms. The molecule has 0 heterocycles. The number of nitrogens with one attached hydrogen (secondary N) is 1. The van der Waals surface area contributed by atoms with Gasteiger partial charge in [0.2, 0.25) is 0 Å². The zero-order valence-electron chi connectivity index (χ0n) is 11.4. The molecule has 0 fully saturated rings. The second-order valence-corrected chi connectivity index (χ2v) is 5.62. The average Bonchev–Trinajstić information content (AvgIpc) is 2.76. The Hall–Kier alpha value is -0.820. The van der Waals surface area contributed by atoms with E-state index < -0.39 is 0 Å². The fourth-order valence-electron chi connectivity index (χ4n) is 3.01. The van der Waals surface area contributed by atoms with E-state index in [0.29, 0.717) is 5.92 Å². The molecule has 1 nitrogen and oxygen atoms in total. The van der Waals surface area contributed by atoms with Crippen LogP contribution in [0.2, 0.25) is 0 Å². The lowest BCUT2D eigenvalue weighted by Gasteiger charge is -2.22. The molecule has 1 aliphatic carbocycles. The van der Waals surface area contributed by atoms with Crippen LogP contribution in [0.3, 0.4) is 0 Å². The number of aryl methyl sites for hydroxylation is 2. The Bertz CT molecular complexity index is 368. The number of hydrogen-bond acceptors (Lipinski definition) is 1. The molecule has 1 aromatic rings. The topological polar surface area (TPSA) is 12.0 Å². The van der Waals surface area contributed by atoms with Crippen LogP contribution in [0.15, 0.2) is 18.2 Å². The summed E-state index contributed by atoms with van der Waals surface area (Å²) < 4.78 is 0. The minimum absolute atomic E-state index is 0.702. The molecule has 0 amide bonds. The highest BCUT2D eigenvalue weighted by molar-refractivity contribution is 5.36. The number of rotatable bonds is 5. The predicted molar refractivity (Wildman–Crippen MR) is 74.6 cm³/mol. The van der Waals surface area contributed by atoms with Gasteiger partial charge in [-0.05, 0) is 67.8 Å². The Morgan fingerprint density at radius 2 is 1.94 bits per heavy atom. The molecule has 1 aromatic carbocycles. The number of fused-ring (bicyclic) bond motifs is 1. The van der Waals surface area contributed by atoms with E-state index in [4.69, 9.17) is 0 Å². The van der Waals surface area contributed by atoms with Crippen molar-refractivity contribution in [3.8, 4) is 0 Å². The Morgan fingerprint density at radius 3 is 2.65 bits per heavy atom. The van der Waals surface area contributed by atoms with Gasteiger partial charge in [-0.2, -0.15) is 0 Å². The van der Waals surface area contributed by atoms with Gasteiger partial charge in [-0.25, -0.2) is 0 Å². The summed E-state index contributed by atoms with van der Waals surface area (Å²) in [6.07, 6.45) is 5.17. The van der Waals surface area contributed by atoms with Crippen LogP contribution >= 0.6 is 0 Å². The van der Waals surface area contributed by atoms with Crippen molar-refractivity contribution in [2.45, 2.75) is 45.4 Å². The van der Waals surface area contributed by atoms with Crippen LogP contribution in [0, 0.1) is 5.92 Å². The van der Waals surface area contributed by atoms with E-state index in [1.807, 2.05) is 7.05 Å². The van der Waals surface area contributed by atoms with E-state index in [2.05, 4.69) is 37.4 Å². The molecule has 1 heteroatoms. The fraction of sp³-hybridized carbons (Fsp3) is 0.625. The molecule has 0 saturated carbocycles. The maximum atomic E-state index is 3.28. The highest BCUT2D eigenvalue weighted by atomic mass is 14.8. The number of benzene rings is 1. The van der Waals surface area contributed by atoms with Gasteiger partial charge >= 0.3 is 0 Å². The van der Waals surface area contributed by atoms with Crippen molar-refractivity contribution in [1.82, 2.24) is 5.32 Å². The third kappa shape index (κ3) is 2.90. The van der Waals surface area contributed by atoms with Gasteiger partial charge in [0, 0.05) is 0 Å². The summed E-state index contributed by atoms with van der Waals surface area (Å²) in [5.41, 5.74) is 4.75. The SMILES string of the molecule is CNCCC(c1ccc2c(c1)CCC2)C(C)C. The normalized spacial score (nSPS) is 16.2. The molecular weight excluding hydrogens is 206 g/mol. The second kappa shape index (κ2) is 5.68. The van der Waals surface area contributed by atoms with Crippen molar-refractivity contribution in [1.29, 1.82) is 0 Å². The van der Waals surface area contributed by atoms with Crippen LogP contribution in [0.1, 0.15) is 49.3 Å². The molecule has 0 spiro atoms. The van der Waals surface area contributed by atoms with E-state index >= 15 is 0 Å². The van der Waals surface area contributed by atoms with Crippen LogP contribution in [0.5, 0.6) is 0 Å².